The van der Waals surface area contributed by atoms with Crippen LogP contribution < -0.4 is 0 Å². The van der Waals surface area contributed by atoms with Crippen LogP contribution >= 0.6 is 0 Å². The third-order valence-electron chi connectivity index (χ3n) is 6.29. The summed E-state index contributed by atoms with van der Waals surface area (Å²) in [5, 5.41) is 21.6. The van der Waals surface area contributed by atoms with E-state index in [0.717, 1.165) is 0 Å². The van der Waals surface area contributed by atoms with E-state index < -0.39 is 46.8 Å². The van der Waals surface area contributed by atoms with Crippen molar-refractivity contribution in [3.63, 3.8) is 0 Å². The zero-order valence-corrected chi connectivity index (χ0v) is 15.5. The molecule has 0 aromatic heterocycles. The van der Waals surface area contributed by atoms with Crippen molar-refractivity contribution in [2.24, 2.45) is 29.1 Å². The molecule has 7 nitrogen and oxygen atoms in total. The van der Waals surface area contributed by atoms with Gasteiger partial charge in [-0.3, -0.25) is 9.59 Å². The van der Waals surface area contributed by atoms with Gasteiger partial charge in [0.2, 0.25) is 5.79 Å². The van der Waals surface area contributed by atoms with E-state index in [1.54, 1.807) is 20.8 Å². The van der Waals surface area contributed by atoms with Crippen LogP contribution in [0.15, 0.2) is 11.6 Å². The van der Waals surface area contributed by atoms with E-state index in [1.165, 1.54) is 6.08 Å². The van der Waals surface area contributed by atoms with Crippen LogP contribution in [0.4, 0.5) is 0 Å². The van der Waals surface area contributed by atoms with Gasteiger partial charge in [0.15, 0.2) is 5.78 Å². The molecule has 0 bridgehead atoms. The van der Waals surface area contributed by atoms with Crippen molar-refractivity contribution in [1.29, 1.82) is 0 Å². The maximum absolute atomic E-state index is 12.9. The zero-order valence-electron chi connectivity index (χ0n) is 15.5. The van der Waals surface area contributed by atoms with Crippen LogP contribution in [0.25, 0.3) is 0 Å². The van der Waals surface area contributed by atoms with Gasteiger partial charge in [-0.2, -0.15) is 0 Å². The molecule has 2 fully saturated rings. The Kier molecular flexibility index (Phi) is 5.27. The molecule has 0 saturated heterocycles. The van der Waals surface area contributed by atoms with Gasteiger partial charge in [0, 0.05) is 24.3 Å². The summed E-state index contributed by atoms with van der Waals surface area (Å²) in [6, 6.07) is 0. The predicted octanol–water partition coefficient (Wildman–Crippen LogP) is 0.811. The smallest absolute Gasteiger partial charge is 0.333 e. The van der Waals surface area contributed by atoms with Crippen LogP contribution in [0.3, 0.4) is 0 Å². The van der Waals surface area contributed by atoms with Gasteiger partial charge in [-0.15, -0.1) is 0 Å². The summed E-state index contributed by atoms with van der Waals surface area (Å²) in [7, 11) is 0. The normalized spacial score (nSPS) is 42.1. The molecule has 2 N–H and O–H groups in total. The lowest BCUT2D eigenvalue weighted by Crippen LogP contribution is -2.66. The average molecular weight is 366 g/mol. The van der Waals surface area contributed by atoms with Crippen LogP contribution in [0.1, 0.15) is 40.5 Å². The van der Waals surface area contributed by atoms with Gasteiger partial charge in [-0.1, -0.05) is 20.8 Å². The molecule has 1 heterocycles. The summed E-state index contributed by atoms with van der Waals surface area (Å²) in [5.41, 5.74) is -0.843. The topological polar surface area (TPSA) is 118 Å². The minimum absolute atomic E-state index is 0.0430. The third-order valence-corrected chi connectivity index (χ3v) is 6.29. The average Bonchev–Trinajstić information content (AvgIpc) is 2.58. The summed E-state index contributed by atoms with van der Waals surface area (Å²) < 4.78 is 5.11. The number of Topliss-reactive ketones (excluding diaryl/α,β-unsaturated/α-hetero) is 2. The number of esters is 1. The van der Waals surface area contributed by atoms with Gasteiger partial charge in [-0.25, -0.2) is 4.79 Å². The molecule has 2 aliphatic carbocycles. The molecule has 2 saturated carbocycles. The molecule has 0 spiro atoms. The van der Waals surface area contributed by atoms with Crippen molar-refractivity contribution < 1.29 is 34.1 Å². The number of hydrogen-bond acceptors (Lipinski definition) is 7. The molecule has 6 unspecified atom stereocenters. The lowest BCUT2D eigenvalue weighted by Gasteiger charge is -2.56. The highest BCUT2D eigenvalue weighted by molar-refractivity contribution is 6.01. The van der Waals surface area contributed by atoms with E-state index in [-0.39, 0.29) is 11.7 Å². The standard InChI is InChI=1S/C18H24O6.CH2O/c1-8(2)18(23)14-10(7-12(20)24-18)17(4)11(19)6-5-9(3)13(17)15(21)16(14)22;1-2/h7-9,13-15,21,23H,5-6H2,1-4H3;1H2. The molecule has 0 amide bonds. The number of carbonyl (C=O) groups excluding carboxylic acids is 4. The first-order valence-corrected chi connectivity index (χ1v) is 8.76. The molecular formula is C19H26O7. The lowest BCUT2D eigenvalue weighted by atomic mass is 9.49. The van der Waals surface area contributed by atoms with Gasteiger partial charge in [0.1, 0.15) is 24.6 Å². The second kappa shape index (κ2) is 6.70. The van der Waals surface area contributed by atoms with Gasteiger partial charge in [0.05, 0.1) is 5.41 Å². The maximum atomic E-state index is 12.9. The number of ketones is 2. The van der Waals surface area contributed by atoms with E-state index >= 15 is 0 Å². The maximum Gasteiger partial charge on any atom is 0.333 e. The zero-order chi connectivity index (χ0) is 20.0. The van der Waals surface area contributed by atoms with Gasteiger partial charge < -0.3 is 19.7 Å². The summed E-state index contributed by atoms with van der Waals surface area (Å²) in [4.78, 5) is 45.8. The molecule has 0 aromatic carbocycles. The summed E-state index contributed by atoms with van der Waals surface area (Å²) in [5.74, 6) is -5.89. The minimum Gasteiger partial charge on any atom is -0.429 e. The number of hydrogen-bond donors (Lipinski definition) is 2. The Bertz CT molecular complexity index is 667. The van der Waals surface area contributed by atoms with Crippen LogP contribution in [0.5, 0.6) is 0 Å². The van der Waals surface area contributed by atoms with Crippen molar-refractivity contribution in [3.05, 3.63) is 11.6 Å². The molecule has 0 radical (unpaired) electrons. The minimum atomic E-state index is -2.05. The number of aliphatic hydroxyl groups is 2. The molecule has 1 aliphatic heterocycles. The Morgan fingerprint density at radius 2 is 1.85 bits per heavy atom. The van der Waals surface area contributed by atoms with E-state index in [0.29, 0.717) is 18.4 Å². The molecule has 6 atom stereocenters. The number of carbonyl (C=O) groups is 4. The highest BCUT2D eigenvalue weighted by Gasteiger charge is 2.66. The summed E-state index contributed by atoms with van der Waals surface area (Å²) >= 11 is 0. The number of fused-ring (bicyclic) bond motifs is 3. The van der Waals surface area contributed by atoms with Gasteiger partial charge in [-0.05, 0) is 24.8 Å². The third kappa shape index (κ3) is 2.56. The van der Waals surface area contributed by atoms with E-state index in [4.69, 9.17) is 9.53 Å². The van der Waals surface area contributed by atoms with E-state index in [9.17, 15) is 24.6 Å². The molecule has 26 heavy (non-hydrogen) atoms. The Balaban J connectivity index is 0.00000117. The fraction of sp³-hybridized carbons (Fsp3) is 0.684. The predicted molar refractivity (Wildman–Crippen MR) is 90.6 cm³/mol. The van der Waals surface area contributed by atoms with Crippen molar-refractivity contribution in [2.75, 3.05) is 0 Å². The van der Waals surface area contributed by atoms with Crippen molar-refractivity contribution in [3.8, 4) is 0 Å². The second-order valence-corrected chi connectivity index (χ2v) is 7.87. The first-order chi connectivity index (χ1) is 12.0. The van der Waals surface area contributed by atoms with Gasteiger partial charge >= 0.3 is 5.97 Å². The fourth-order valence-electron chi connectivity index (χ4n) is 4.82. The summed E-state index contributed by atoms with van der Waals surface area (Å²) in [6.07, 6.45) is 0.737. The number of rotatable bonds is 1. The van der Waals surface area contributed by atoms with Crippen LogP contribution in [0, 0.1) is 29.1 Å². The molecule has 0 aromatic rings. The lowest BCUT2D eigenvalue weighted by molar-refractivity contribution is -0.252. The molecular weight excluding hydrogens is 340 g/mol. The van der Waals surface area contributed by atoms with E-state index in [1.807, 2.05) is 13.7 Å². The van der Waals surface area contributed by atoms with Crippen LogP contribution in [-0.4, -0.2) is 46.4 Å². The highest BCUT2D eigenvalue weighted by atomic mass is 16.7. The van der Waals surface area contributed by atoms with Crippen molar-refractivity contribution in [1.82, 2.24) is 0 Å². The molecule has 7 heteroatoms. The van der Waals surface area contributed by atoms with Gasteiger partial charge in [0.25, 0.3) is 0 Å². The molecule has 3 rings (SSSR count). The number of ether oxygens (including phenoxy) is 1. The monoisotopic (exact) mass is 366 g/mol. The largest absolute Gasteiger partial charge is 0.429 e. The quantitative estimate of drug-likeness (QED) is 0.659. The Morgan fingerprint density at radius 3 is 2.38 bits per heavy atom. The Morgan fingerprint density at radius 1 is 1.27 bits per heavy atom. The Hall–Kier alpha value is -1.86. The van der Waals surface area contributed by atoms with Crippen LogP contribution in [-0.2, 0) is 23.9 Å². The first-order valence-electron chi connectivity index (χ1n) is 8.76. The second-order valence-electron chi connectivity index (χ2n) is 7.87. The van der Waals surface area contributed by atoms with Crippen molar-refractivity contribution >= 4 is 24.3 Å². The molecule has 144 valence electrons. The number of cyclic esters (lactones) is 1. The van der Waals surface area contributed by atoms with Crippen molar-refractivity contribution in [2.45, 2.75) is 52.4 Å². The SMILES string of the molecule is C=O.CC1CCC(=O)C2(C)C3=CC(=O)OC(O)(C(C)C)C3C(=O)C(O)C12. The fourth-order valence-corrected chi connectivity index (χ4v) is 4.82. The molecule has 3 aliphatic rings. The highest BCUT2D eigenvalue weighted by Crippen LogP contribution is 2.58. The Labute approximate surface area is 152 Å². The van der Waals surface area contributed by atoms with Crippen LogP contribution in [0.2, 0.25) is 0 Å². The van der Waals surface area contributed by atoms with E-state index in [2.05, 4.69) is 0 Å². The number of aliphatic hydroxyl groups excluding tert-OH is 1. The first kappa shape index (κ1) is 20.5. The summed E-state index contributed by atoms with van der Waals surface area (Å²) in [6.45, 7) is 8.86.